The van der Waals surface area contributed by atoms with Crippen molar-refractivity contribution in [1.29, 1.82) is 0 Å². The van der Waals surface area contributed by atoms with Gasteiger partial charge in [0.15, 0.2) is 0 Å². The molecule has 4 nitrogen and oxygen atoms in total. The van der Waals surface area contributed by atoms with Crippen molar-refractivity contribution in [3.05, 3.63) is 24.3 Å². The number of nitrogens with zero attached hydrogens (tertiary/aromatic N) is 1. The molecule has 2 heterocycles. The summed E-state index contributed by atoms with van der Waals surface area (Å²) in [7, 11) is 1.65. The van der Waals surface area contributed by atoms with Crippen LogP contribution >= 0.6 is 0 Å². The van der Waals surface area contributed by atoms with Crippen LogP contribution in [-0.4, -0.2) is 31.6 Å². The molecule has 2 bridgehead atoms. The molecule has 1 N–H and O–H groups in total. The van der Waals surface area contributed by atoms with Crippen molar-refractivity contribution in [2.45, 2.75) is 18.5 Å². The van der Waals surface area contributed by atoms with E-state index in [9.17, 15) is 4.79 Å². The Kier molecular flexibility index (Phi) is 2.02. The number of rotatable bonds is 2. The largest absolute Gasteiger partial charge is 0.497 e. The summed E-state index contributed by atoms with van der Waals surface area (Å²) in [4.78, 5) is 13.7. The summed E-state index contributed by atoms with van der Waals surface area (Å²) in [6.45, 7) is 0.906. The van der Waals surface area contributed by atoms with Crippen molar-refractivity contribution in [2.75, 3.05) is 18.6 Å². The third kappa shape index (κ3) is 1.33. The molecule has 0 aromatic heterocycles. The fourth-order valence-corrected chi connectivity index (χ4v) is 2.56. The molecule has 2 saturated heterocycles. The molecule has 0 saturated carbocycles. The SMILES string of the molecule is COc1cccc(N2C[C@@H]3C[C@H]2C(=O)N3)c1. The Morgan fingerprint density at radius 2 is 2.38 bits per heavy atom. The van der Waals surface area contributed by atoms with E-state index in [4.69, 9.17) is 4.74 Å². The summed E-state index contributed by atoms with van der Waals surface area (Å²) < 4.78 is 5.19. The topological polar surface area (TPSA) is 41.6 Å². The summed E-state index contributed by atoms with van der Waals surface area (Å²) >= 11 is 0. The van der Waals surface area contributed by atoms with Gasteiger partial charge in [-0.05, 0) is 18.6 Å². The first kappa shape index (κ1) is 9.51. The van der Waals surface area contributed by atoms with Crippen molar-refractivity contribution in [2.24, 2.45) is 0 Å². The molecule has 16 heavy (non-hydrogen) atoms. The average Bonchev–Trinajstić information content (AvgIpc) is 2.88. The lowest BCUT2D eigenvalue weighted by Gasteiger charge is -2.28. The fraction of sp³-hybridized carbons (Fsp3) is 0.417. The van der Waals surface area contributed by atoms with Gasteiger partial charge in [-0.1, -0.05) is 6.07 Å². The minimum Gasteiger partial charge on any atom is -0.497 e. The molecule has 2 aliphatic heterocycles. The minimum atomic E-state index is 0.0112. The number of methoxy groups -OCH3 is 1. The Hall–Kier alpha value is -1.71. The monoisotopic (exact) mass is 218 g/mol. The summed E-state index contributed by atoms with van der Waals surface area (Å²) in [5.74, 6) is 0.986. The zero-order valence-corrected chi connectivity index (χ0v) is 9.14. The third-order valence-corrected chi connectivity index (χ3v) is 3.34. The Morgan fingerprint density at radius 1 is 1.50 bits per heavy atom. The van der Waals surface area contributed by atoms with Crippen LogP contribution in [0.15, 0.2) is 24.3 Å². The van der Waals surface area contributed by atoms with Crippen LogP contribution < -0.4 is 15.0 Å². The molecular formula is C12H14N2O2. The Morgan fingerprint density at radius 3 is 3.06 bits per heavy atom. The average molecular weight is 218 g/mol. The maximum Gasteiger partial charge on any atom is 0.243 e. The smallest absolute Gasteiger partial charge is 0.243 e. The van der Waals surface area contributed by atoms with Crippen LogP contribution in [0.5, 0.6) is 5.75 Å². The van der Waals surface area contributed by atoms with Crippen LogP contribution in [0.2, 0.25) is 0 Å². The van der Waals surface area contributed by atoms with Gasteiger partial charge in [0.1, 0.15) is 11.8 Å². The summed E-state index contributed by atoms with van der Waals surface area (Å²) in [6, 6.07) is 8.21. The predicted molar refractivity (Wildman–Crippen MR) is 60.7 cm³/mol. The predicted octanol–water partition coefficient (Wildman–Crippen LogP) is 0.772. The number of hydrogen-bond acceptors (Lipinski definition) is 3. The summed E-state index contributed by atoms with van der Waals surface area (Å²) in [6.07, 6.45) is 0.927. The van der Waals surface area contributed by atoms with E-state index in [1.807, 2.05) is 24.3 Å². The number of carbonyl (C=O) groups excluding carboxylic acids is 1. The molecule has 0 unspecified atom stereocenters. The number of amides is 1. The van der Waals surface area contributed by atoms with Crippen molar-refractivity contribution < 1.29 is 9.53 Å². The van der Waals surface area contributed by atoms with Crippen LogP contribution in [0.4, 0.5) is 5.69 Å². The van der Waals surface area contributed by atoms with E-state index in [1.54, 1.807) is 7.11 Å². The normalized spacial score (nSPS) is 27.1. The highest BCUT2D eigenvalue weighted by Gasteiger charge is 2.43. The first-order valence-corrected chi connectivity index (χ1v) is 5.49. The molecule has 4 heteroatoms. The van der Waals surface area contributed by atoms with Crippen LogP contribution in [0.3, 0.4) is 0 Å². The van der Waals surface area contributed by atoms with Crippen molar-refractivity contribution >= 4 is 11.6 Å². The second kappa shape index (κ2) is 3.40. The number of hydrogen-bond donors (Lipinski definition) is 1. The van der Waals surface area contributed by atoms with E-state index >= 15 is 0 Å². The van der Waals surface area contributed by atoms with E-state index in [0.717, 1.165) is 24.4 Å². The van der Waals surface area contributed by atoms with Gasteiger partial charge in [-0.2, -0.15) is 0 Å². The molecule has 2 atom stereocenters. The zero-order chi connectivity index (χ0) is 11.1. The van der Waals surface area contributed by atoms with Gasteiger partial charge in [-0.15, -0.1) is 0 Å². The Labute approximate surface area is 94.2 Å². The minimum absolute atomic E-state index is 0.0112. The van der Waals surface area contributed by atoms with Crippen molar-refractivity contribution in [3.8, 4) is 5.75 Å². The van der Waals surface area contributed by atoms with E-state index in [1.165, 1.54) is 0 Å². The Bertz CT molecular complexity index is 433. The summed E-state index contributed by atoms with van der Waals surface area (Å²) in [5.41, 5.74) is 1.07. The highest BCUT2D eigenvalue weighted by atomic mass is 16.5. The van der Waals surface area contributed by atoms with Gasteiger partial charge in [-0.25, -0.2) is 0 Å². The van der Waals surface area contributed by atoms with Gasteiger partial charge >= 0.3 is 0 Å². The molecule has 84 valence electrons. The van der Waals surface area contributed by atoms with Gasteiger partial charge in [0.25, 0.3) is 0 Å². The maximum atomic E-state index is 11.6. The molecular weight excluding hydrogens is 204 g/mol. The lowest BCUT2D eigenvalue weighted by Crippen LogP contribution is -2.47. The van der Waals surface area contributed by atoms with Gasteiger partial charge in [0, 0.05) is 24.3 Å². The van der Waals surface area contributed by atoms with E-state index in [0.29, 0.717) is 6.04 Å². The van der Waals surface area contributed by atoms with Crippen LogP contribution in [-0.2, 0) is 4.79 Å². The highest BCUT2D eigenvalue weighted by molar-refractivity contribution is 5.89. The van der Waals surface area contributed by atoms with Crippen LogP contribution in [0.25, 0.3) is 0 Å². The third-order valence-electron chi connectivity index (χ3n) is 3.34. The lowest BCUT2D eigenvalue weighted by atomic mass is 10.2. The highest BCUT2D eigenvalue weighted by Crippen LogP contribution is 2.31. The van der Waals surface area contributed by atoms with Gasteiger partial charge in [0.2, 0.25) is 5.91 Å². The number of anilines is 1. The fourth-order valence-electron chi connectivity index (χ4n) is 2.56. The molecule has 0 radical (unpaired) electrons. The second-order valence-corrected chi connectivity index (χ2v) is 4.31. The molecule has 0 aliphatic carbocycles. The number of carbonyl (C=O) groups is 1. The van der Waals surface area contributed by atoms with E-state index in [2.05, 4.69) is 10.2 Å². The first-order valence-electron chi connectivity index (χ1n) is 5.49. The molecule has 1 aromatic rings. The van der Waals surface area contributed by atoms with E-state index < -0.39 is 0 Å². The molecule has 1 amide bonds. The maximum absolute atomic E-state index is 11.6. The quantitative estimate of drug-likeness (QED) is 0.797. The van der Waals surface area contributed by atoms with Crippen molar-refractivity contribution in [1.82, 2.24) is 5.32 Å². The van der Waals surface area contributed by atoms with Crippen LogP contribution in [0, 0.1) is 0 Å². The van der Waals surface area contributed by atoms with Gasteiger partial charge in [0.05, 0.1) is 7.11 Å². The molecule has 3 rings (SSSR count). The first-order chi connectivity index (χ1) is 7.78. The number of ether oxygens (including phenoxy) is 1. The molecule has 0 spiro atoms. The number of nitrogens with one attached hydrogen (secondary N) is 1. The number of fused-ring (bicyclic) bond motifs is 2. The molecule has 2 fully saturated rings. The summed E-state index contributed by atoms with van der Waals surface area (Å²) in [5, 5.41) is 2.97. The second-order valence-electron chi connectivity index (χ2n) is 4.31. The van der Waals surface area contributed by atoms with Gasteiger partial charge < -0.3 is 15.0 Å². The zero-order valence-electron chi connectivity index (χ0n) is 9.14. The lowest BCUT2D eigenvalue weighted by molar-refractivity contribution is -0.121. The van der Waals surface area contributed by atoms with Crippen LogP contribution in [0.1, 0.15) is 6.42 Å². The standard InChI is InChI=1S/C12H14N2O2/c1-16-10-4-2-3-9(6-10)14-7-8-5-11(14)12(15)13-8/h2-4,6,8,11H,5,7H2,1H3,(H,13,15)/t8-,11-/m0/s1. The molecule has 1 aromatic carbocycles. The van der Waals surface area contributed by atoms with E-state index in [-0.39, 0.29) is 11.9 Å². The molecule has 2 aliphatic rings. The number of benzene rings is 1. The number of piperazine rings is 1. The van der Waals surface area contributed by atoms with Gasteiger partial charge in [-0.3, -0.25) is 4.79 Å². The Balaban J connectivity index is 1.90. The van der Waals surface area contributed by atoms with Crippen molar-refractivity contribution in [3.63, 3.8) is 0 Å².